The first kappa shape index (κ1) is 11.6. The molecule has 0 fully saturated rings. The molecular formula is C8H12BrN3OS. The maximum absolute atomic E-state index is 11.8. The lowest BCUT2D eigenvalue weighted by Crippen LogP contribution is -2.31. The lowest BCUT2D eigenvalue weighted by Gasteiger charge is -2.17. The largest absolute Gasteiger partial charge is 0.340 e. The van der Waals surface area contributed by atoms with E-state index < -0.39 is 0 Å². The van der Waals surface area contributed by atoms with E-state index >= 15 is 0 Å². The van der Waals surface area contributed by atoms with Gasteiger partial charge in [0.2, 0.25) is 0 Å². The minimum Gasteiger partial charge on any atom is -0.340 e. The lowest BCUT2D eigenvalue weighted by atomic mass is 10.3. The Labute approximate surface area is 95.6 Å². The van der Waals surface area contributed by atoms with E-state index in [1.165, 1.54) is 0 Å². The zero-order valence-electron chi connectivity index (χ0n) is 8.32. The van der Waals surface area contributed by atoms with Gasteiger partial charge in [-0.2, -0.15) is 0 Å². The van der Waals surface area contributed by atoms with Crippen LogP contribution in [0.4, 0.5) is 0 Å². The Balaban J connectivity index is 2.71. The summed E-state index contributed by atoms with van der Waals surface area (Å²) >= 11 is 4.55. The Bertz CT molecular complexity index is 326. The normalized spacial score (nSPS) is 12.6. The van der Waals surface area contributed by atoms with E-state index in [-0.39, 0.29) is 10.7 Å². The molecule has 14 heavy (non-hydrogen) atoms. The molecule has 0 bridgehead atoms. The number of rotatable bonds is 3. The molecule has 0 radical (unpaired) electrons. The van der Waals surface area contributed by atoms with Gasteiger partial charge in [-0.25, -0.2) is 0 Å². The number of aryl methyl sites for hydroxylation is 1. The van der Waals surface area contributed by atoms with Crippen LogP contribution >= 0.6 is 27.5 Å². The summed E-state index contributed by atoms with van der Waals surface area (Å²) < 4.78 is 3.74. The van der Waals surface area contributed by atoms with Crippen LogP contribution in [0.1, 0.15) is 22.3 Å². The first-order valence-electron chi connectivity index (χ1n) is 4.21. The molecule has 1 heterocycles. The summed E-state index contributed by atoms with van der Waals surface area (Å²) in [6, 6.07) is 0. The summed E-state index contributed by atoms with van der Waals surface area (Å²) in [5, 5.41) is 3.81. The monoisotopic (exact) mass is 277 g/mol. The van der Waals surface area contributed by atoms with Crippen LogP contribution in [0.5, 0.6) is 0 Å². The molecule has 4 nitrogen and oxygen atoms in total. The molecule has 0 N–H and O–H groups in total. The Kier molecular flexibility index (Phi) is 4.00. The molecule has 0 saturated heterocycles. The fourth-order valence-electron chi connectivity index (χ4n) is 1.06. The predicted molar refractivity (Wildman–Crippen MR) is 60.0 cm³/mol. The lowest BCUT2D eigenvalue weighted by molar-refractivity contribution is 0.0801. The zero-order chi connectivity index (χ0) is 10.7. The second-order valence-corrected chi connectivity index (χ2v) is 5.47. The standard InChI is InChI=1S/C8H12BrN3OS/c1-5(9)4-12(3)8(13)7-6(2)10-11-14-7/h5H,4H2,1-3H3. The highest BCUT2D eigenvalue weighted by atomic mass is 79.9. The molecule has 1 rings (SSSR count). The van der Waals surface area contributed by atoms with Crippen LogP contribution in [0.25, 0.3) is 0 Å². The molecule has 0 aromatic carbocycles. The Morgan fingerprint density at radius 3 is 2.79 bits per heavy atom. The molecule has 1 amide bonds. The molecule has 0 aliphatic rings. The fourth-order valence-corrected chi connectivity index (χ4v) is 2.15. The van der Waals surface area contributed by atoms with Gasteiger partial charge in [0.25, 0.3) is 5.91 Å². The SMILES string of the molecule is Cc1nnsc1C(=O)N(C)CC(C)Br. The molecule has 1 aromatic rings. The van der Waals surface area contributed by atoms with E-state index in [1.54, 1.807) is 18.9 Å². The summed E-state index contributed by atoms with van der Waals surface area (Å²) in [6.45, 7) is 4.47. The van der Waals surface area contributed by atoms with Crippen molar-refractivity contribution in [3.63, 3.8) is 0 Å². The number of carbonyl (C=O) groups is 1. The van der Waals surface area contributed by atoms with Crippen LogP contribution in [0.15, 0.2) is 0 Å². The van der Waals surface area contributed by atoms with Crippen molar-refractivity contribution in [3.05, 3.63) is 10.6 Å². The van der Waals surface area contributed by atoms with E-state index in [2.05, 4.69) is 25.5 Å². The van der Waals surface area contributed by atoms with E-state index in [9.17, 15) is 4.79 Å². The van der Waals surface area contributed by atoms with Crippen LogP contribution in [-0.2, 0) is 0 Å². The Morgan fingerprint density at radius 2 is 2.36 bits per heavy atom. The molecule has 1 unspecified atom stereocenters. The molecule has 6 heteroatoms. The van der Waals surface area contributed by atoms with Crippen LogP contribution in [-0.4, -0.2) is 38.8 Å². The van der Waals surface area contributed by atoms with Gasteiger partial charge in [0.05, 0.1) is 5.69 Å². The first-order chi connectivity index (χ1) is 6.52. The van der Waals surface area contributed by atoms with E-state index in [1.807, 2.05) is 6.92 Å². The van der Waals surface area contributed by atoms with Gasteiger partial charge < -0.3 is 4.90 Å². The Hall–Kier alpha value is -0.490. The number of nitrogens with zero attached hydrogens (tertiary/aromatic N) is 3. The molecule has 0 aliphatic heterocycles. The van der Waals surface area contributed by atoms with Crippen LogP contribution in [0.2, 0.25) is 0 Å². The third kappa shape index (κ3) is 2.75. The molecular weight excluding hydrogens is 266 g/mol. The summed E-state index contributed by atoms with van der Waals surface area (Å²) in [5.41, 5.74) is 0.703. The van der Waals surface area contributed by atoms with Crippen molar-refractivity contribution in [1.29, 1.82) is 0 Å². The molecule has 0 aliphatic carbocycles. The van der Waals surface area contributed by atoms with E-state index in [0.717, 1.165) is 11.5 Å². The van der Waals surface area contributed by atoms with Crippen molar-refractivity contribution in [2.24, 2.45) is 0 Å². The van der Waals surface area contributed by atoms with Crippen LogP contribution in [0, 0.1) is 6.92 Å². The zero-order valence-corrected chi connectivity index (χ0v) is 10.7. The minimum atomic E-state index is -0.0104. The van der Waals surface area contributed by atoms with Crippen molar-refractivity contribution in [1.82, 2.24) is 14.5 Å². The van der Waals surface area contributed by atoms with Crippen molar-refractivity contribution in [2.45, 2.75) is 18.7 Å². The van der Waals surface area contributed by atoms with E-state index in [4.69, 9.17) is 0 Å². The Morgan fingerprint density at radius 1 is 1.71 bits per heavy atom. The molecule has 1 aromatic heterocycles. The van der Waals surface area contributed by atoms with Gasteiger partial charge in [0.1, 0.15) is 4.88 Å². The number of hydrogen-bond acceptors (Lipinski definition) is 4. The average molecular weight is 278 g/mol. The van der Waals surface area contributed by atoms with E-state index in [0.29, 0.717) is 17.1 Å². The number of carbonyl (C=O) groups excluding carboxylic acids is 1. The van der Waals surface area contributed by atoms with Crippen molar-refractivity contribution in [3.8, 4) is 0 Å². The van der Waals surface area contributed by atoms with Gasteiger partial charge >= 0.3 is 0 Å². The second kappa shape index (κ2) is 4.84. The van der Waals surface area contributed by atoms with Crippen LogP contribution < -0.4 is 0 Å². The van der Waals surface area contributed by atoms with Crippen molar-refractivity contribution in [2.75, 3.05) is 13.6 Å². The average Bonchev–Trinajstić information content (AvgIpc) is 2.48. The molecule has 0 spiro atoms. The van der Waals surface area contributed by atoms with Crippen LogP contribution in [0.3, 0.4) is 0 Å². The molecule has 78 valence electrons. The number of amides is 1. The number of halogens is 1. The summed E-state index contributed by atoms with van der Waals surface area (Å²) in [7, 11) is 1.78. The molecule has 0 saturated carbocycles. The maximum atomic E-state index is 11.8. The third-order valence-electron chi connectivity index (χ3n) is 1.72. The fraction of sp³-hybridized carbons (Fsp3) is 0.625. The number of aromatic nitrogens is 2. The van der Waals surface area contributed by atoms with Gasteiger partial charge in [0, 0.05) is 18.4 Å². The van der Waals surface area contributed by atoms with Gasteiger partial charge in [0.15, 0.2) is 0 Å². The topological polar surface area (TPSA) is 46.1 Å². The van der Waals surface area contributed by atoms with Gasteiger partial charge in [-0.3, -0.25) is 4.79 Å². The predicted octanol–water partition coefficient (Wildman–Crippen LogP) is 1.70. The third-order valence-corrected chi connectivity index (χ3v) is 2.82. The van der Waals surface area contributed by atoms with Gasteiger partial charge in [-0.1, -0.05) is 27.3 Å². The summed E-state index contributed by atoms with van der Waals surface area (Å²) in [5.74, 6) is -0.0104. The van der Waals surface area contributed by atoms with Gasteiger partial charge in [-0.15, -0.1) is 5.10 Å². The number of alkyl halides is 1. The highest BCUT2D eigenvalue weighted by Crippen LogP contribution is 2.12. The second-order valence-electron chi connectivity index (χ2n) is 3.15. The summed E-state index contributed by atoms with van der Waals surface area (Å²) in [6.07, 6.45) is 0. The van der Waals surface area contributed by atoms with Crippen molar-refractivity contribution < 1.29 is 4.79 Å². The highest BCUT2D eigenvalue weighted by Gasteiger charge is 2.18. The van der Waals surface area contributed by atoms with Gasteiger partial charge in [-0.05, 0) is 18.5 Å². The summed E-state index contributed by atoms with van der Waals surface area (Å²) in [4.78, 5) is 14.4. The minimum absolute atomic E-state index is 0.0104. The highest BCUT2D eigenvalue weighted by molar-refractivity contribution is 9.09. The molecule has 1 atom stereocenters. The smallest absolute Gasteiger partial charge is 0.267 e. The van der Waals surface area contributed by atoms with Crippen molar-refractivity contribution >= 4 is 33.4 Å². The maximum Gasteiger partial charge on any atom is 0.267 e. The quantitative estimate of drug-likeness (QED) is 0.791. The number of hydrogen-bond donors (Lipinski definition) is 0. The first-order valence-corrected chi connectivity index (χ1v) is 5.89.